The highest BCUT2D eigenvalue weighted by Gasteiger charge is 2.21. The molecule has 1 aromatic rings. The fourth-order valence-electron chi connectivity index (χ4n) is 1.93. The van der Waals surface area contributed by atoms with Crippen LogP contribution in [0.1, 0.15) is 34.8 Å². The average molecular weight is 264 g/mol. The predicted molar refractivity (Wildman–Crippen MR) is 73.9 cm³/mol. The summed E-state index contributed by atoms with van der Waals surface area (Å²) in [4.78, 5) is 11.7. The molecule has 0 aliphatic rings. The van der Waals surface area contributed by atoms with E-state index < -0.39 is 5.97 Å². The van der Waals surface area contributed by atoms with Crippen LogP contribution in [0.15, 0.2) is 18.2 Å². The van der Waals surface area contributed by atoms with Crippen LogP contribution in [0, 0.1) is 6.92 Å². The summed E-state index contributed by atoms with van der Waals surface area (Å²) in [5.41, 5.74) is 2.43. The number of hydrogen-bond donors (Lipinski definition) is 1. The molecule has 104 valence electrons. The highest BCUT2D eigenvalue weighted by molar-refractivity contribution is 5.95. The Balaban J connectivity index is 3.33. The molecule has 0 aliphatic heterocycles. The zero-order valence-electron chi connectivity index (χ0n) is 11.9. The number of rotatable bonds is 5. The van der Waals surface area contributed by atoms with Crippen LogP contribution >= 0.6 is 0 Å². The molecular weight excluding hydrogens is 244 g/mol. The second-order valence-corrected chi connectivity index (χ2v) is 4.55. The van der Waals surface area contributed by atoms with Crippen molar-refractivity contribution >= 4 is 5.97 Å². The third-order valence-corrected chi connectivity index (χ3v) is 2.97. The van der Waals surface area contributed by atoms with E-state index in [1.54, 1.807) is 13.0 Å². The van der Waals surface area contributed by atoms with E-state index in [4.69, 9.17) is 9.47 Å². The fraction of sp³-hybridized carbons (Fsp3) is 0.400. The van der Waals surface area contributed by atoms with Gasteiger partial charge in [0.15, 0.2) is 0 Å². The van der Waals surface area contributed by atoms with E-state index in [-0.39, 0.29) is 11.3 Å². The monoisotopic (exact) mass is 264 g/mol. The number of methoxy groups -OCH3 is 2. The van der Waals surface area contributed by atoms with Crippen LogP contribution < -0.4 is 4.74 Å². The van der Waals surface area contributed by atoms with Crippen LogP contribution in [0.4, 0.5) is 0 Å². The van der Waals surface area contributed by atoms with Gasteiger partial charge in [-0.15, -0.1) is 6.58 Å². The molecule has 1 rings (SSSR count). The summed E-state index contributed by atoms with van der Waals surface area (Å²) in [6.07, 6.45) is 1.28. The zero-order chi connectivity index (χ0) is 14.6. The number of phenols is 1. The predicted octanol–water partition coefficient (Wildman–Crippen LogP) is 3.00. The molecule has 0 amide bonds. The third-order valence-electron chi connectivity index (χ3n) is 2.97. The number of carbonyl (C=O) groups is 1. The minimum atomic E-state index is -0.547. The first-order valence-corrected chi connectivity index (χ1v) is 6.04. The number of allylic oxidation sites excluding steroid dienone is 1. The lowest BCUT2D eigenvalue weighted by atomic mass is 9.97. The van der Waals surface area contributed by atoms with E-state index in [0.29, 0.717) is 29.7 Å². The number of ether oxygens (including phenoxy) is 2. The highest BCUT2D eigenvalue weighted by atomic mass is 16.5. The van der Waals surface area contributed by atoms with Gasteiger partial charge in [-0.3, -0.25) is 0 Å². The zero-order valence-corrected chi connectivity index (χ0v) is 11.9. The van der Waals surface area contributed by atoms with Gasteiger partial charge in [-0.05, 0) is 38.3 Å². The van der Waals surface area contributed by atoms with Gasteiger partial charge in [-0.1, -0.05) is 5.57 Å². The maximum atomic E-state index is 11.7. The topological polar surface area (TPSA) is 55.8 Å². The standard InChI is InChI=1S/C15H20O4/c1-9(2)6-7-11-12(18-4)8-10(3)13(14(11)16)15(17)19-5/h8,16H,1,6-7H2,2-5H3. The molecule has 0 saturated carbocycles. The number of aryl methyl sites for hydroxylation is 1. The lowest BCUT2D eigenvalue weighted by Gasteiger charge is -2.15. The SMILES string of the molecule is C=C(C)CCc1c(OC)cc(C)c(C(=O)OC)c1O. The molecule has 0 heterocycles. The summed E-state index contributed by atoms with van der Waals surface area (Å²) in [6.45, 7) is 7.48. The number of aromatic hydroxyl groups is 1. The Morgan fingerprint density at radius 1 is 1.42 bits per heavy atom. The molecule has 0 aromatic heterocycles. The maximum absolute atomic E-state index is 11.7. The van der Waals surface area contributed by atoms with E-state index >= 15 is 0 Å². The molecule has 1 N–H and O–H groups in total. The van der Waals surface area contributed by atoms with Gasteiger partial charge >= 0.3 is 5.97 Å². The third kappa shape index (κ3) is 3.28. The summed E-state index contributed by atoms with van der Waals surface area (Å²) >= 11 is 0. The van der Waals surface area contributed by atoms with Crippen molar-refractivity contribution in [3.05, 3.63) is 34.9 Å². The minimum Gasteiger partial charge on any atom is -0.507 e. The normalized spacial score (nSPS) is 10.1. The van der Waals surface area contributed by atoms with Crippen molar-refractivity contribution in [2.45, 2.75) is 26.7 Å². The van der Waals surface area contributed by atoms with Crippen LogP contribution in [-0.4, -0.2) is 25.3 Å². The van der Waals surface area contributed by atoms with Gasteiger partial charge < -0.3 is 14.6 Å². The van der Waals surface area contributed by atoms with Crippen molar-refractivity contribution in [2.75, 3.05) is 14.2 Å². The number of phenolic OH excluding ortho intramolecular Hbond substituents is 1. The van der Waals surface area contributed by atoms with Gasteiger partial charge in [0.2, 0.25) is 0 Å². The van der Waals surface area contributed by atoms with E-state index in [9.17, 15) is 9.90 Å². The molecule has 0 atom stereocenters. The first-order chi connectivity index (χ1) is 8.92. The molecule has 19 heavy (non-hydrogen) atoms. The Morgan fingerprint density at radius 3 is 2.53 bits per heavy atom. The smallest absolute Gasteiger partial charge is 0.341 e. The number of esters is 1. The number of benzene rings is 1. The number of hydrogen-bond acceptors (Lipinski definition) is 4. The van der Waals surface area contributed by atoms with Crippen LogP contribution in [0.5, 0.6) is 11.5 Å². The van der Waals surface area contributed by atoms with Gasteiger partial charge in [-0.25, -0.2) is 4.79 Å². The van der Waals surface area contributed by atoms with Gasteiger partial charge in [0.1, 0.15) is 17.1 Å². The van der Waals surface area contributed by atoms with Crippen molar-refractivity contribution in [3.63, 3.8) is 0 Å². The summed E-state index contributed by atoms with van der Waals surface area (Å²) in [6, 6.07) is 1.74. The van der Waals surface area contributed by atoms with Gasteiger partial charge in [-0.2, -0.15) is 0 Å². The molecule has 4 heteroatoms. The Morgan fingerprint density at radius 2 is 2.05 bits per heavy atom. The van der Waals surface area contributed by atoms with E-state index in [1.807, 2.05) is 6.92 Å². The highest BCUT2D eigenvalue weighted by Crippen LogP contribution is 2.35. The largest absolute Gasteiger partial charge is 0.507 e. The van der Waals surface area contributed by atoms with Gasteiger partial charge in [0.25, 0.3) is 0 Å². The van der Waals surface area contributed by atoms with Crippen LogP contribution in [0.25, 0.3) is 0 Å². The average Bonchev–Trinajstić information content (AvgIpc) is 2.36. The maximum Gasteiger partial charge on any atom is 0.341 e. The Hall–Kier alpha value is -1.97. The van der Waals surface area contributed by atoms with E-state index in [0.717, 1.165) is 5.57 Å². The Kier molecular flexibility index (Phi) is 4.98. The minimum absolute atomic E-state index is 0.0649. The van der Waals surface area contributed by atoms with E-state index in [2.05, 4.69) is 6.58 Å². The van der Waals surface area contributed by atoms with Crippen LogP contribution in [0.3, 0.4) is 0 Å². The molecule has 0 unspecified atom stereocenters. The van der Waals surface area contributed by atoms with E-state index in [1.165, 1.54) is 14.2 Å². The van der Waals surface area contributed by atoms with Crippen molar-refractivity contribution in [3.8, 4) is 11.5 Å². The van der Waals surface area contributed by atoms with Crippen LogP contribution in [-0.2, 0) is 11.2 Å². The summed E-state index contributed by atoms with van der Waals surface area (Å²) in [5, 5.41) is 10.3. The first kappa shape index (κ1) is 15.1. The molecule has 4 nitrogen and oxygen atoms in total. The van der Waals surface area contributed by atoms with Crippen molar-refractivity contribution < 1.29 is 19.4 Å². The Bertz CT molecular complexity index is 503. The summed E-state index contributed by atoms with van der Waals surface area (Å²) < 4.78 is 9.96. The molecule has 0 aliphatic carbocycles. The second-order valence-electron chi connectivity index (χ2n) is 4.55. The molecule has 1 aromatic carbocycles. The summed E-state index contributed by atoms with van der Waals surface area (Å²) in [5.74, 6) is -0.0388. The summed E-state index contributed by atoms with van der Waals surface area (Å²) in [7, 11) is 2.83. The fourth-order valence-corrected chi connectivity index (χ4v) is 1.93. The Labute approximate surface area is 113 Å². The molecular formula is C15H20O4. The molecule has 0 bridgehead atoms. The van der Waals surface area contributed by atoms with Gasteiger partial charge in [0, 0.05) is 5.56 Å². The molecule has 0 spiro atoms. The second kappa shape index (κ2) is 6.27. The quantitative estimate of drug-likeness (QED) is 0.656. The first-order valence-electron chi connectivity index (χ1n) is 6.04. The lowest BCUT2D eigenvalue weighted by Crippen LogP contribution is -2.07. The number of carbonyl (C=O) groups excluding carboxylic acids is 1. The van der Waals surface area contributed by atoms with Crippen molar-refractivity contribution in [1.29, 1.82) is 0 Å². The van der Waals surface area contributed by atoms with Crippen molar-refractivity contribution in [2.24, 2.45) is 0 Å². The van der Waals surface area contributed by atoms with Gasteiger partial charge in [0.05, 0.1) is 14.2 Å². The van der Waals surface area contributed by atoms with Crippen molar-refractivity contribution in [1.82, 2.24) is 0 Å². The molecule has 0 radical (unpaired) electrons. The van der Waals surface area contributed by atoms with Crippen LogP contribution in [0.2, 0.25) is 0 Å². The molecule has 0 saturated heterocycles. The lowest BCUT2D eigenvalue weighted by molar-refractivity contribution is 0.0596. The molecule has 0 fully saturated rings.